The van der Waals surface area contributed by atoms with Crippen LogP contribution in [0.3, 0.4) is 0 Å². The van der Waals surface area contributed by atoms with E-state index < -0.39 is 0 Å². The number of aliphatic hydroxyl groups is 1. The Labute approximate surface area is 65.9 Å². The third-order valence-electron chi connectivity index (χ3n) is 2.15. The van der Waals surface area contributed by atoms with Gasteiger partial charge in [0.1, 0.15) is 0 Å². The molecule has 1 atom stereocenters. The van der Waals surface area contributed by atoms with Gasteiger partial charge in [0.05, 0.1) is 12.6 Å². The highest BCUT2D eigenvalue weighted by Crippen LogP contribution is 2.23. The first-order valence-electron chi connectivity index (χ1n) is 3.84. The largest absolute Gasteiger partial charge is 0.394 e. The van der Waals surface area contributed by atoms with Gasteiger partial charge in [0, 0.05) is 6.54 Å². The molecule has 0 spiro atoms. The molecule has 0 saturated heterocycles. The summed E-state index contributed by atoms with van der Waals surface area (Å²) in [6.45, 7) is 1.08. The van der Waals surface area contributed by atoms with Crippen molar-refractivity contribution in [3.05, 3.63) is 35.4 Å². The molecule has 1 unspecified atom stereocenters. The van der Waals surface area contributed by atoms with Gasteiger partial charge in [-0.25, -0.2) is 0 Å². The van der Waals surface area contributed by atoms with Crippen LogP contribution in [0.4, 0.5) is 0 Å². The number of hydrogen-bond acceptors (Lipinski definition) is 2. The standard InChI is InChI=1S/C9H11NO/c11-6-9-8-4-2-1-3-7(8)5-10-9/h1-4,9-11H,5-6H2. The maximum atomic E-state index is 8.95. The van der Waals surface area contributed by atoms with Gasteiger partial charge < -0.3 is 10.4 Å². The third kappa shape index (κ3) is 1.04. The molecule has 11 heavy (non-hydrogen) atoms. The molecule has 0 amide bonds. The summed E-state index contributed by atoms with van der Waals surface area (Å²) in [5.41, 5.74) is 2.56. The molecule has 1 aliphatic heterocycles. The highest BCUT2D eigenvalue weighted by Gasteiger charge is 2.19. The predicted molar refractivity (Wildman–Crippen MR) is 43.1 cm³/mol. The molecule has 0 saturated carbocycles. The third-order valence-corrected chi connectivity index (χ3v) is 2.15. The van der Waals surface area contributed by atoms with Crippen LogP contribution in [-0.2, 0) is 6.54 Å². The van der Waals surface area contributed by atoms with E-state index in [4.69, 9.17) is 5.11 Å². The van der Waals surface area contributed by atoms with Crippen LogP contribution in [0, 0.1) is 0 Å². The number of nitrogens with one attached hydrogen (secondary N) is 1. The topological polar surface area (TPSA) is 32.3 Å². The van der Waals surface area contributed by atoms with Gasteiger partial charge in [-0.1, -0.05) is 24.3 Å². The fourth-order valence-electron chi connectivity index (χ4n) is 1.54. The van der Waals surface area contributed by atoms with E-state index in [-0.39, 0.29) is 12.6 Å². The second-order valence-electron chi connectivity index (χ2n) is 2.81. The number of hydrogen-bond donors (Lipinski definition) is 2. The SMILES string of the molecule is OCC1NCc2ccccc21. The van der Waals surface area contributed by atoms with Crippen LogP contribution >= 0.6 is 0 Å². The summed E-state index contributed by atoms with van der Waals surface area (Å²) in [6, 6.07) is 8.36. The zero-order valence-electron chi connectivity index (χ0n) is 6.25. The normalized spacial score (nSPS) is 21.7. The molecule has 1 aromatic carbocycles. The molecule has 2 rings (SSSR count). The molecule has 2 nitrogen and oxygen atoms in total. The first kappa shape index (κ1) is 6.83. The van der Waals surface area contributed by atoms with E-state index in [1.165, 1.54) is 11.1 Å². The van der Waals surface area contributed by atoms with Gasteiger partial charge in [0.25, 0.3) is 0 Å². The highest BCUT2D eigenvalue weighted by molar-refractivity contribution is 5.33. The summed E-state index contributed by atoms with van der Waals surface area (Å²) in [6.07, 6.45) is 0. The van der Waals surface area contributed by atoms with Gasteiger partial charge in [0.15, 0.2) is 0 Å². The first-order chi connectivity index (χ1) is 5.42. The number of benzene rings is 1. The lowest BCUT2D eigenvalue weighted by Gasteiger charge is -2.06. The van der Waals surface area contributed by atoms with Gasteiger partial charge in [-0.05, 0) is 11.1 Å². The zero-order chi connectivity index (χ0) is 7.68. The molecule has 0 fully saturated rings. The smallest absolute Gasteiger partial charge is 0.0626 e. The van der Waals surface area contributed by atoms with E-state index in [1.54, 1.807) is 0 Å². The van der Waals surface area contributed by atoms with E-state index in [1.807, 2.05) is 12.1 Å². The lowest BCUT2D eigenvalue weighted by molar-refractivity contribution is 0.251. The molecular formula is C9H11NO. The molecule has 0 aromatic heterocycles. The average Bonchev–Trinajstić information content (AvgIpc) is 2.47. The minimum absolute atomic E-state index is 0.159. The van der Waals surface area contributed by atoms with Crippen molar-refractivity contribution in [1.29, 1.82) is 0 Å². The average molecular weight is 149 g/mol. The number of aliphatic hydroxyl groups excluding tert-OH is 1. The van der Waals surface area contributed by atoms with Crippen LogP contribution < -0.4 is 5.32 Å². The number of rotatable bonds is 1. The minimum Gasteiger partial charge on any atom is -0.394 e. The van der Waals surface area contributed by atoms with Gasteiger partial charge >= 0.3 is 0 Å². The lowest BCUT2D eigenvalue weighted by atomic mass is 10.1. The fourth-order valence-corrected chi connectivity index (χ4v) is 1.54. The summed E-state index contributed by atoms with van der Waals surface area (Å²) in [5, 5.41) is 12.2. The Morgan fingerprint density at radius 2 is 2.27 bits per heavy atom. The molecule has 0 radical (unpaired) electrons. The maximum absolute atomic E-state index is 8.95. The molecule has 2 heteroatoms. The van der Waals surface area contributed by atoms with Crippen molar-refractivity contribution in [2.75, 3.05) is 6.61 Å². The predicted octanol–water partition coefficient (Wildman–Crippen LogP) is 0.823. The second kappa shape index (κ2) is 2.64. The van der Waals surface area contributed by atoms with Gasteiger partial charge in [-0.2, -0.15) is 0 Å². The van der Waals surface area contributed by atoms with Crippen LogP contribution in [0.25, 0.3) is 0 Å². The van der Waals surface area contributed by atoms with Crippen LogP contribution in [0.2, 0.25) is 0 Å². The van der Waals surface area contributed by atoms with E-state index in [0.717, 1.165) is 6.54 Å². The van der Waals surface area contributed by atoms with Crippen molar-refractivity contribution < 1.29 is 5.11 Å². The van der Waals surface area contributed by atoms with E-state index in [9.17, 15) is 0 Å². The Hall–Kier alpha value is -0.860. The molecule has 58 valence electrons. The van der Waals surface area contributed by atoms with Crippen molar-refractivity contribution in [1.82, 2.24) is 5.32 Å². The molecule has 1 aromatic rings. The van der Waals surface area contributed by atoms with Gasteiger partial charge in [0.2, 0.25) is 0 Å². The Balaban J connectivity index is 2.39. The second-order valence-corrected chi connectivity index (χ2v) is 2.81. The molecular weight excluding hydrogens is 138 g/mol. The van der Waals surface area contributed by atoms with Crippen molar-refractivity contribution in [2.45, 2.75) is 12.6 Å². The van der Waals surface area contributed by atoms with Crippen LogP contribution in [0.5, 0.6) is 0 Å². The molecule has 1 aliphatic rings. The van der Waals surface area contributed by atoms with E-state index in [2.05, 4.69) is 17.4 Å². The summed E-state index contributed by atoms with van der Waals surface area (Å²) < 4.78 is 0. The highest BCUT2D eigenvalue weighted by atomic mass is 16.3. The van der Waals surface area contributed by atoms with E-state index in [0.29, 0.717) is 0 Å². The van der Waals surface area contributed by atoms with Crippen molar-refractivity contribution in [2.24, 2.45) is 0 Å². The van der Waals surface area contributed by atoms with Crippen LogP contribution in [0.1, 0.15) is 17.2 Å². The summed E-state index contributed by atoms with van der Waals surface area (Å²) >= 11 is 0. The summed E-state index contributed by atoms with van der Waals surface area (Å²) in [7, 11) is 0. The Kier molecular flexibility index (Phi) is 1.64. The Morgan fingerprint density at radius 3 is 3.09 bits per heavy atom. The molecule has 1 heterocycles. The van der Waals surface area contributed by atoms with E-state index >= 15 is 0 Å². The summed E-state index contributed by atoms with van der Waals surface area (Å²) in [4.78, 5) is 0. The van der Waals surface area contributed by atoms with Crippen LogP contribution in [-0.4, -0.2) is 11.7 Å². The Morgan fingerprint density at radius 1 is 1.45 bits per heavy atom. The first-order valence-corrected chi connectivity index (χ1v) is 3.84. The fraction of sp³-hybridized carbons (Fsp3) is 0.333. The zero-order valence-corrected chi connectivity index (χ0v) is 6.25. The number of fused-ring (bicyclic) bond motifs is 1. The van der Waals surface area contributed by atoms with Crippen molar-refractivity contribution in [3.8, 4) is 0 Å². The molecule has 0 aliphatic carbocycles. The van der Waals surface area contributed by atoms with Crippen molar-refractivity contribution in [3.63, 3.8) is 0 Å². The lowest BCUT2D eigenvalue weighted by Crippen LogP contribution is -2.15. The minimum atomic E-state index is 0.159. The summed E-state index contributed by atoms with van der Waals surface area (Å²) in [5.74, 6) is 0. The van der Waals surface area contributed by atoms with Gasteiger partial charge in [-0.3, -0.25) is 0 Å². The van der Waals surface area contributed by atoms with Crippen LogP contribution in [0.15, 0.2) is 24.3 Å². The monoisotopic (exact) mass is 149 g/mol. The van der Waals surface area contributed by atoms with Crippen molar-refractivity contribution >= 4 is 0 Å². The molecule has 0 bridgehead atoms. The molecule has 2 N–H and O–H groups in total. The quantitative estimate of drug-likeness (QED) is 0.619. The van der Waals surface area contributed by atoms with Gasteiger partial charge in [-0.15, -0.1) is 0 Å². The maximum Gasteiger partial charge on any atom is 0.0626 e. The Bertz CT molecular complexity index is 259.